The number of nitrogens with one attached hydrogen (secondary N) is 1. The molecule has 0 spiro atoms. The van der Waals surface area contributed by atoms with E-state index in [2.05, 4.69) is 46.1 Å². The summed E-state index contributed by atoms with van der Waals surface area (Å²) in [6, 6.07) is 1.78. The highest BCUT2D eigenvalue weighted by molar-refractivity contribution is 6.28. The van der Waals surface area contributed by atoms with Gasteiger partial charge in [-0.3, -0.25) is 0 Å². The first kappa shape index (κ1) is 15.7. The lowest BCUT2D eigenvalue weighted by Gasteiger charge is -2.31. The van der Waals surface area contributed by atoms with Crippen molar-refractivity contribution in [2.45, 2.75) is 33.2 Å². The van der Waals surface area contributed by atoms with Gasteiger partial charge < -0.3 is 10.4 Å². The lowest BCUT2D eigenvalue weighted by molar-refractivity contribution is 0.235. The summed E-state index contributed by atoms with van der Waals surface area (Å²) < 4.78 is 1.51. The Balaban J connectivity index is 2.27. The second-order valence-corrected chi connectivity index (χ2v) is 6.09. The molecule has 8 heteroatoms. The molecule has 0 aliphatic heterocycles. The summed E-state index contributed by atoms with van der Waals surface area (Å²) in [5.41, 5.74) is -0.0618. The lowest BCUT2D eigenvalue weighted by Crippen LogP contribution is -2.35. The molecule has 2 aromatic heterocycles. The number of aliphatic hydroxyl groups excluding tert-OH is 1. The van der Waals surface area contributed by atoms with Gasteiger partial charge in [-0.05, 0) is 29.5 Å². The third-order valence-corrected chi connectivity index (χ3v) is 3.24. The molecule has 0 radical (unpaired) electrons. The summed E-state index contributed by atoms with van der Waals surface area (Å²) in [6.07, 6.45) is 3.95. The van der Waals surface area contributed by atoms with Crippen molar-refractivity contribution in [1.82, 2.24) is 24.7 Å². The minimum absolute atomic E-state index is 0.00596. The van der Waals surface area contributed by atoms with Gasteiger partial charge in [-0.2, -0.15) is 20.1 Å². The van der Waals surface area contributed by atoms with E-state index in [0.717, 1.165) is 0 Å². The molecule has 0 bridgehead atoms. The standard InChI is InChI=1S/C13H19ClN6O/c1-13(2,3)9(5-8-21)16-11-17-10(14)18-12(19-11)20-7-4-6-15-20/h4,6-7,9,21H,5,8H2,1-3H3,(H,16,17,18,19). The average molecular weight is 311 g/mol. The summed E-state index contributed by atoms with van der Waals surface area (Å²) >= 11 is 5.95. The molecule has 21 heavy (non-hydrogen) atoms. The van der Waals surface area contributed by atoms with Crippen molar-refractivity contribution >= 4 is 17.5 Å². The van der Waals surface area contributed by atoms with Gasteiger partial charge in [0.1, 0.15) is 0 Å². The van der Waals surface area contributed by atoms with Crippen LogP contribution in [0.5, 0.6) is 0 Å². The first-order valence-electron chi connectivity index (χ1n) is 6.69. The van der Waals surface area contributed by atoms with Crippen molar-refractivity contribution in [3.63, 3.8) is 0 Å². The van der Waals surface area contributed by atoms with Gasteiger partial charge in [0.25, 0.3) is 5.95 Å². The molecule has 0 saturated carbocycles. The summed E-state index contributed by atoms with van der Waals surface area (Å²) in [5, 5.41) is 16.6. The van der Waals surface area contributed by atoms with Crippen LogP contribution in [0.15, 0.2) is 18.5 Å². The maximum absolute atomic E-state index is 9.20. The molecule has 2 aromatic rings. The number of aliphatic hydroxyl groups is 1. The van der Waals surface area contributed by atoms with E-state index in [1.165, 1.54) is 4.68 Å². The van der Waals surface area contributed by atoms with Gasteiger partial charge in [-0.1, -0.05) is 20.8 Å². The van der Waals surface area contributed by atoms with Crippen LogP contribution in [0.4, 0.5) is 5.95 Å². The van der Waals surface area contributed by atoms with Crippen molar-refractivity contribution in [3.05, 3.63) is 23.7 Å². The van der Waals surface area contributed by atoms with Gasteiger partial charge in [-0.25, -0.2) is 4.68 Å². The van der Waals surface area contributed by atoms with Gasteiger partial charge in [0.15, 0.2) is 0 Å². The van der Waals surface area contributed by atoms with Gasteiger partial charge in [0, 0.05) is 25.0 Å². The quantitative estimate of drug-likeness (QED) is 0.877. The van der Waals surface area contributed by atoms with Crippen LogP contribution in [0.1, 0.15) is 27.2 Å². The van der Waals surface area contributed by atoms with Crippen molar-refractivity contribution in [3.8, 4) is 5.95 Å². The minimum Gasteiger partial charge on any atom is -0.396 e. The van der Waals surface area contributed by atoms with Crippen LogP contribution in [0.2, 0.25) is 5.28 Å². The van der Waals surface area contributed by atoms with E-state index in [4.69, 9.17) is 11.6 Å². The van der Waals surface area contributed by atoms with E-state index in [1.54, 1.807) is 18.5 Å². The zero-order valence-electron chi connectivity index (χ0n) is 12.3. The summed E-state index contributed by atoms with van der Waals surface area (Å²) in [4.78, 5) is 12.4. The van der Waals surface area contributed by atoms with E-state index in [0.29, 0.717) is 18.3 Å². The van der Waals surface area contributed by atoms with E-state index in [9.17, 15) is 5.11 Å². The van der Waals surface area contributed by atoms with Gasteiger partial charge >= 0.3 is 0 Å². The molecule has 7 nitrogen and oxygen atoms in total. The molecule has 0 saturated heterocycles. The normalized spacial score (nSPS) is 13.2. The maximum atomic E-state index is 9.20. The van der Waals surface area contributed by atoms with Crippen molar-refractivity contribution < 1.29 is 5.11 Å². The van der Waals surface area contributed by atoms with Crippen molar-refractivity contribution in [2.75, 3.05) is 11.9 Å². The second kappa shape index (κ2) is 6.36. The van der Waals surface area contributed by atoms with E-state index < -0.39 is 0 Å². The van der Waals surface area contributed by atoms with Crippen LogP contribution < -0.4 is 5.32 Å². The van der Waals surface area contributed by atoms with Gasteiger partial charge in [0.2, 0.25) is 11.2 Å². The molecule has 0 aliphatic rings. The molecule has 2 N–H and O–H groups in total. The molecule has 2 heterocycles. The topological polar surface area (TPSA) is 88.8 Å². The zero-order valence-corrected chi connectivity index (χ0v) is 13.0. The van der Waals surface area contributed by atoms with Crippen LogP contribution in [0.25, 0.3) is 5.95 Å². The van der Waals surface area contributed by atoms with Crippen LogP contribution in [0.3, 0.4) is 0 Å². The molecule has 1 unspecified atom stereocenters. The molecule has 0 amide bonds. The Kier molecular flexibility index (Phi) is 4.74. The number of halogens is 1. The first-order valence-corrected chi connectivity index (χ1v) is 7.07. The molecule has 114 valence electrons. The Morgan fingerprint density at radius 3 is 2.67 bits per heavy atom. The van der Waals surface area contributed by atoms with Crippen LogP contribution >= 0.6 is 11.6 Å². The average Bonchev–Trinajstić information content (AvgIpc) is 2.90. The second-order valence-electron chi connectivity index (χ2n) is 5.75. The number of rotatable bonds is 5. The van der Waals surface area contributed by atoms with Crippen LogP contribution in [-0.4, -0.2) is 42.5 Å². The fourth-order valence-corrected chi connectivity index (χ4v) is 2.06. The Bertz CT molecular complexity index is 581. The first-order chi connectivity index (χ1) is 9.90. The lowest BCUT2D eigenvalue weighted by atomic mass is 9.85. The van der Waals surface area contributed by atoms with Gasteiger partial charge in [-0.15, -0.1) is 0 Å². The Morgan fingerprint density at radius 1 is 1.33 bits per heavy atom. The monoisotopic (exact) mass is 310 g/mol. The summed E-state index contributed by atoms with van der Waals surface area (Å²) in [6.45, 7) is 6.33. The zero-order chi connectivity index (χ0) is 15.5. The Labute approximate surface area is 128 Å². The van der Waals surface area contributed by atoms with E-state index in [-0.39, 0.29) is 23.3 Å². The van der Waals surface area contributed by atoms with Crippen LogP contribution in [-0.2, 0) is 0 Å². The summed E-state index contributed by atoms with van der Waals surface area (Å²) in [7, 11) is 0. The predicted molar refractivity (Wildman–Crippen MR) is 80.5 cm³/mol. The molecular formula is C13H19ClN6O. The number of hydrogen-bond donors (Lipinski definition) is 2. The fourth-order valence-electron chi connectivity index (χ4n) is 1.90. The SMILES string of the molecule is CC(C)(C)C(CCO)Nc1nc(Cl)nc(-n2cccn2)n1. The molecule has 2 rings (SSSR count). The molecular weight excluding hydrogens is 292 g/mol. The number of aromatic nitrogens is 5. The fraction of sp³-hybridized carbons (Fsp3) is 0.538. The molecule has 0 aromatic carbocycles. The van der Waals surface area contributed by atoms with Crippen molar-refractivity contribution in [2.24, 2.45) is 5.41 Å². The highest BCUT2D eigenvalue weighted by atomic mass is 35.5. The number of hydrogen-bond acceptors (Lipinski definition) is 6. The van der Waals surface area contributed by atoms with Crippen molar-refractivity contribution in [1.29, 1.82) is 0 Å². The molecule has 1 atom stereocenters. The maximum Gasteiger partial charge on any atom is 0.256 e. The Morgan fingerprint density at radius 2 is 2.10 bits per heavy atom. The third-order valence-electron chi connectivity index (χ3n) is 3.07. The number of nitrogens with zero attached hydrogens (tertiary/aromatic N) is 5. The molecule has 0 fully saturated rings. The minimum atomic E-state index is -0.0618. The largest absolute Gasteiger partial charge is 0.396 e. The predicted octanol–water partition coefficient (Wildman–Crippen LogP) is 1.92. The Hall–Kier alpha value is -1.73. The number of anilines is 1. The summed E-state index contributed by atoms with van der Waals surface area (Å²) in [5.74, 6) is 0.716. The van der Waals surface area contributed by atoms with E-state index in [1.807, 2.05) is 0 Å². The highest BCUT2D eigenvalue weighted by Gasteiger charge is 2.25. The van der Waals surface area contributed by atoms with E-state index >= 15 is 0 Å². The van der Waals surface area contributed by atoms with Gasteiger partial charge in [0.05, 0.1) is 0 Å². The smallest absolute Gasteiger partial charge is 0.256 e. The third kappa shape index (κ3) is 4.12. The molecule has 0 aliphatic carbocycles. The highest BCUT2D eigenvalue weighted by Crippen LogP contribution is 2.24. The van der Waals surface area contributed by atoms with Crippen LogP contribution in [0, 0.1) is 5.41 Å².